The number of carbonyl (C=O) groups is 1. The van der Waals surface area contributed by atoms with Crippen LogP contribution in [0.2, 0.25) is 0 Å². The Morgan fingerprint density at radius 1 is 1.19 bits per heavy atom. The zero-order valence-electron chi connectivity index (χ0n) is 17.1. The third kappa shape index (κ3) is 4.95. The number of hydrogen-bond acceptors (Lipinski definition) is 7. The number of rotatable bonds is 6. The Hall–Kier alpha value is -3.59. The smallest absolute Gasteiger partial charge is 0.255 e. The van der Waals surface area contributed by atoms with Crippen molar-refractivity contribution >= 4 is 28.9 Å². The van der Waals surface area contributed by atoms with Crippen molar-refractivity contribution in [3.63, 3.8) is 0 Å². The molecule has 0 radical (unpaired) electrons. The number of anilines is 4. The minimum absolute atomic E-state index is 0.194. The molecule has 1 atom stereocenters. The van der Waals surface area contributed by atoms with E-state index >= 15 is 0 Å². The molecule has 31 heavy (non-hydrogen) atoms. The van der Waals surface area contributed by atoms with Crippen molar-refractivity contribution in [1.82, 2.24) is 15.0 Å². The van der Waals surface area contributed by atoms with Gasteiger partial charge in [-0.15, -0.1) is 0 Å². The second-order valence-corrected chi connectivity index (χ2v) is 7.20. The van der Waals surface area contributed by atoms with Gasteiger partial charge in [-0.3, -0.25) is 9.78 Å². The summed E-state index contributed by atoms with van der Waals surface area (Å²) in [6.07, 6.45) is 6.35. The van der Waals surface area contributed by atoms with Crippen LogP contribution in [-0.4, -0.2) is 46.7 Å². The van der Waals surface area contributed by atoms with Gasteiger partial charge in [0.1, 0.15) is 18.3 Å². The number of pyridine rings is 3. The topological polar surface area (TPSA) is 92.3 Å². The molecular formula is C22H23FN6O2. The lowest BCUT2D eigenvalue weighted by Gasteiger charge is -2.36. The lowest BCUT2D eigenvalue weighted by atomic mass is 10.2. The van der Waals surface area contributed by atoms with Crippen molar-refractivity contribution in [3.8, 4) is 0 Å². The van der Waals surface area contributed by atoms with Crippen LogP contribution in [0.25, 0.3) is 0 Å². The van der Waals surface area contributed by atoms with Crippen molar-refractivity contribution < 1.29 is 13.9 Å². The summed E-state index contributed by atoms with van der Waals surface area (Å²) in [5, 5.41) is 5.98. The maximum Gasteiger partial charge on any atom is 0.255 e. The Morgan fingerprint density at radius 3 is 2.87 bits per heavy atom. The van der Waals surface area contributed by atoms with Crippen LogP contribution >= 0.6 is 0 Å². The Kier molecular flexibility index (Phi) is 6.32. The molecule has 0 spiro atoms. The maximum atomic E-state index is 12.9. The fourth-order valence-corrected chi connectivity index (χ4v) is 3.36. The normalized spacial score (nSPS) is 16.1. The monoisotopic (exact) mass is 422 g/mol. The average Bonchev–Trinajstić information content (AvgIpc) is 2.81. The standard InChI is InChI=1S/C22H23FN6O2/c1-15-14-31-9-8-29(15)19-5-6-24-13-18(19)27-22(30)17-4-7-25-21(10-17)28-20-3-2-16(11-23)12-26-20/h2-7,10,12-13,15H,8-9,11,14H2,1H3,(H,27,30)(H,25,26,28)/t15-/m1/s1. The summed E-state index contributed by atoms with van der Waals surface area (Å²) in [7, 11) is 0. The van der Waals surface area contributed by atoms with Gasteiger partial charge in [0.05, 0.1) is 30.8 Å². The molecule has 1 saturated heterocycles. The van der Waals surface area contributed by atoms with Gasteiger partial charge >= 0.3 is 0 Å². The van der Waals surface area contributed by atoms with Gasteiger partial charge in [-0.1, -0.05) is 6.07 Å². The van der Waals surface area contributed by atoms with Crippen LogP contribution in [0.3, 0.4) is 0 Å². The van der Waals surface area contributed by atoms with E-state index in [0.717, 1.165) is 12.2 Å². The minimum Gasteiger partial charge on any atom is -0.377 e. The van der Waals surface area contributed by atoms with Crippen molar-refractivity contribution in [2.24, 2.45) is 0 Å². The number of nitrogens with zero attached hydrogens (tertiary/aromatic N) is 4. The van der Waals surface area contributed by atoms with Crippen molar-refractivity contribution in [3.05, 3.63) is 66.2 Å². The van der Waals surface area contributed by atoms with E-state index in [-0.39, 0.29) is 11.9 Å². The van der Waals surface area contributed by atoms with Crippen LogP contribution < -0.4 is 15.5 Å². The number of carbonyl (C=O) groups excluding carboxylic acids is 1. The number of halogens is 1. The minimum atomic E-state index is -0.569. The molecule has 1 amide bonds. The molecule has 0 bridgehead atoms. The lowest BCUT2D eigenvalue weighted by Crippen LogP contribution is -2.44. The third-order valence-electron chi connectivity index (χ3n) is 4.98. The molecule has 1 aliphatic heterocycles. The van der Waals surface area contributed by atoms with Gasteiger partial charge in [-0.25, -0.2) is 14.4 Å². The van der Waals surface area contributed by atoms with E-state index in [4.69, 9.17) is 4.74 Å². The maximum absolute atomic E-state index is 12.9. The SMILES string of the molecule is C[C@@H]1COCCN1c1ccncc1NC(=O)c1ccnc(Nc2ccc(CF)cn2)c1. The molecule has 0 aromatic carbocycles. The van der Waals surface area contributed by atoms with E-state index in [9.17, 15) is 9.18 Å². The van der Waals surface area contributed by atoms with Crippen LogP contribution in [0, 0.1) is 0 Å². The second kappa shape index (κ2) is 9.48. The molecule has 160 valence electrons. The highest BCUT2D eigenvalue weighted by Gasteiger charge is 2.22. The zero-order chi connectivity index (χ0) is 21.6. The Labute approximate surface area is 179 Å². The summed E-state index contributed by atoms with van der Waals surface area (Å²) in [6.45, 7) is 3.53. The largest absolute Gasteiger partial charge is 0.377 e. The first kappa shape index (κ1) is 20.7. The number of hydrogen-bond donors (Lipinski definition) is 2. The molecule has 0 saturated carbocycles. The van der Waals surface area contributed by atoms with E-state index < -0.39 is 6.67 Å². The number of aromatic nitrogens is 3. The van der Waals surface area contributed by atoms with Gasteiger partial charge < -0.3 is 20.3 Å². The van der Waals surface area contributed by atoms with E-state index in [1.165, 1.54) is 6.20 Å². The first-order valence-corrected chi connectivity index (χ1v) is 9.98. The summed E-state index contributed by atoms with van der Waals surface area (Å²) in [5.74, 6) is 0.695. The molecule has 3 aromatic rings. The van der Waals surface area contributed by atoms with Gasteiger partial charge in [-0.2, -0.15) is 0 Å². The first-order chi connectivity index (χ1) is 15.1. The Morgan fingerprint density at radius 2 is 2.10 bits per heavy atom. The number of alkyl halides is 1. The van der Waals surface area contributed by atoms with E-state index in [2.05, 4.69) is 37.4 Å². The van der Waals surface area contributed by atoms with E-state index in [1.807, 2.05) is 6.07 Å². The average molecular weight is 422 g/mol. The van der Waals surface area contributed by atoms with Crippen LogP contribution in [0.4, 0.5) is 27.4 Å². The van der Waals surface area contributed by atoms with Gasteiger partial charge in [-0.05, 0) is 31.2 Å². The predicted molar refractivity (Wildman–Crippen MR) is 116 cm³/mol. The van der Waals surface area contributed by atoms with Crippen molar-refractivity contribution in [2.45, 2.75) is 19.6 Å². The lowest BCUT2D eigenvalue weighted by molar-refractivity contribution is 0.0989. The van der Waals surface area contributed by atoms with Gasteiger partial charge in [0, 0.05) is 42.3 Å². The third-order valence-corrected chi connectivity index (χ3v) is 4.98. The number of morpholine rings is 1. The Bertz CT molecular complexity index is 1050. The number of nitrogens with one attached hydrogen (secondary N) is 2. The van der Waals surface area contributed by atoms with Crippen LogP contribution in [-0.2, 0) is 11.4 Å². The molecular weight excluding hydrogens is 399 g/mol. The van der Waals surface area contributed by atoms with Gasteiger partial charge in [0.15, 0.2) is 0 Å². The predicted octanol–water partition coefficient (Wildman–Crippen LogP) is 3.56. The molecule has 1 fully saturated rings. The highest BCUT2D eigenvalue weighted by molar-refractivity contribution is 6.06. The molecule has 8 nitrogen and oxygen atoms in total. The summed E-state index contributed by atoms with van der Waals surface area (Å²) in [6, 6.07) is 8.65. The van der Waals surface area contributed by atoms with Crippen molar-refractivity contribution in [1.29, 1.82) is 0 Å². The highest BCUT2D eigenvalue weighted by Crippen LogP contribution is 2.28. The quantitative estimate of drug-likeness (QED) is 0.627. The number of amides is 1. The van der Waals surface area contributed by atoms with Crippen molar-refractivity contribution in [2.75, 3.05) is 35.3 Å². The molecule has 9 heteroatoms. The number of ether oxygens (including phenoxy) is 1. The van der Waals surface area contributed by atoms with Crippen LogP contribution in [0.15, 0.2) is 55.1 Å². The molecule has 4 heterocycles. The van der Waals surface area contributed by atoms with Crippen LogP contribution in [0.1, 0.15) is 22.8 Å². The first-order valence-electron chi connectivity index (χ1n) is 9.98. The molecule has 1 aliphatic rings. The molecule has 0 unspecified atom stereocenters. The summed E-state index contributed by atoms with van der Waals surface area (Å²) < 4.78 is 18.2. The fourth-order valence-electron chi connectivity index (χ4n) is 3.36. The molecule has 2 N–H and O–H groups in total. The van der Waals surface area contributed by atoms with Gasteiger partial charge in [0.2, 0.25) is 0 Å². The summed E-state index contributed by atoms with van der Waals surface area (Å²) >= 11 is 0. The van der Waals surface area contributed by atoms with Gasteiger partial charge in [0.25, 0.3) is 5.91 Å². The Balaban J connectivity index is 1.50. The van der Waals surface area contributed by atoms with Crippen LogP contribution in [0.5, 0.6) is 0 Å². The highest BCUT2D eigenvalue weighted by atomic mass is 19.1. The van der Waals surface area contributed by atoms with E-state index in [0.29, 0.717) is 41.7 Å². The van der Waals surface area contributed by atoms with E-state index in [1.54, 1.807) is 42.9 Å². The summed E-state index contributed by atoms with van der Waals surface area (Å²) in [4.78, 5) is 27.7. The zero-order valence-corrected chi connectivity index (χ0v) is 17.1. The molecule has 0 aliphatic carbocycles. The summed E-state index contributed by atoms with van der Waals surface area (Å²) in [5.41, 5.74) is 2.47. The second-order valence-electron chi connectivity index (χ2n) is 7.20. The fraction of sp³-hybridized carbons (Fsp3) is 0.273. The molecule has 3 aromatic heterocycles. The molecule has 4 rings (SSSR count).